The second kappa shape index (κ2) is 3.98. The Morgan fingerprint density at radius 1 is 1.35 bits per heavy atom. The van der Waals surface area contributed by atoms with Crippen LogP contribution in [0.4, 0.5) is 4.79 Å². The van der Waals surface area contributed by atoms with E-state index in [2.05, 4.69) is 5.32 Å². The van der Waals surface area contributed by atoms with Gasteiger partial charge in [-0.15, -0.1) is 0 Å². The second-order valence-corrected chi connectivity index (χ2v) is 5.71. The van der Waals surface area contributed by atoms with Crippen molar-refractivity contribution in [1.82, 2.24) is 10.2 Å². The van der Waals surface area contributed by atoms with Gasteiger partial charge in [-0.3, -0.25) is 10.1 Å². The van der Waals surface area contributed by atoms with Crippen molar-refractivity contribution in [2.45, 2.75) is 57.1 Å². The van der Waals surface area contributed by atoms with Gasteiger partial charge in [-0.05, 0) is 33.1 Å². The summed E-state index contributed by atoms with van der Waals surface area (Å²) < 4.78 is 0. The number of carbonyl (C=O) groups excluding carboxylic acids is 2. The van der Waals surface area contributed by atoms with Gasteiger partial charge >= 0.3 is 6.03 Å². The lowest BCUT2D eigenvalue weighted by Gasteiger charge is -2.33. The lowest BCUT2D eigenvalue weighted by molar-refractivity contribution is -0.126. The fraction of sp³-hybridized carbons (Fsp3) is 0.833. The third-order valence-corrected chi connectivity index (χ3v) is 3.78. The van der Waals surface area contributed by atoms with E-state index >= 15 is 0 Å². The Morgan fingerprint density at radius 2 is 1.94 bits per heavy atom. The molecule has 96 valence electrons. The number of imide groups is 1. The summed E-state index contributed by atoms with van der Waals surface area (Å²) in [7, 11) is 0. The van der Waals surface area contributed by atoms with Gasteiger partial charge in [0, 0.05) is 6.54 Å². The molecule has 3 amide bonds. The molecule has 2 aliphatic rings. The number of amides is 3. The summed E-state index contributed by atoms with van der Waals surface area (Å²) in [4.78, 5) is 25.3. The highest BCUT2D eigenvalue weighted by molar-refractivity contribution is 6.07. The summed E-state index contributed by atoms with van der Waals surface area (Å²) in [5.74, 6) is -0.157. The zero-order valence-electron chi connectivity index (χ0n) is 10.5. The third-order valence-electron chi connectivity index (χ3n) is 3.78. The van der Waals surface area contributed by atoms with Crippen LogP contribution in [0.5, 0.6) is 0 Å². The van der Waals surface area contributed by atoms with Crippen molar-refractivity contribution in [2.24, 2.45) is 0 Å². The lowest BCUT2D eigenvalue weighted by atomic mass is 9.95. The lowest BCUT2D eigenvalue weighted by Crippen LogP contribution is -2.48. The van der Waals surface area contributed by atoms with Crippen molar-refractivity contribution in [2.75, 3.05) is 6.54 Å². The van der Waals surface area contributed by atoms with Crippen LogP contribution in [0.15, 0.2) is 0 Å². The van der Waals surface area contributed by atoms with Crippen LogP contribution in [0.25, 0.3) is 0 Å². The largest absolute Gasteiger partial charge is 0.390 e. The van der Waals surface area contributed by atoms with Crippen molar-refractivity contribution in [3.63, 3.8) is 0 Å². The van der Waals surface area contributed by atoms with E-state index in [0.29, 0.717) is 13.0 Å². The quantitative estimate of drug-likeness (QED) is 0.723. The maximum Gasteiger partial charge on any atom is 0.325 e. The maximum atomic E-state index is 11.9. The molecule has 5 nitrogen and oxygen atoms in total. The van der Waals surface area contributed by atoms with Crippen LogP contribution in [0.1, 0.15) is 46.0 Å². The highest BCUT2D eigenvalue weighted by atomic mass is 16.3. The number of carbonyl (C=O) groups is 2. The molecule has 0 atom stereocenters. The monoisotopic (exact) mass is 240 g/mol. The highest BCUT2D eigenvalue weighted by Crippen LogP contribution is 2.38. The van der Waals surface area contributed by atoms with Crippen LogP contribution in [-0.4, -0.2) is 39.6 Å². The van der Waals surface area contributed by atoms with Crippen LogP contribution in [0, 0.1) is 0 Å². The molecular formula is C12H20N2O3. The highest BCUT2D eigenvalue weighted by Gasteiger charge is 2.53. The Bertz CT molecular complexity index is 340. The molecule has 17 heavy (non-hydrogen) atoms. The van der Waals surface area contributed by atoms with E-state index in [9.17, 15) is 14.7 Å². The minimum atomic E-state index is -0.814. The van der Waals surface area contributed by atoms with Crippen molar-refractivity contribution < 1.29 is 14.7 Å². The number of nitrogens with one attached hydrogen (secondary N) is 1. The van der Waals surface area contributed by atoms with E-state index in [4.69, 9.17) is 0 Å². The predicted molar refractivity (Wildman–Crippen MR) is 62.4 cm³/mol. The average molecular weight is 240 g/mol. The molecule has 2 N–H and O–H groups in total. The molecular weight excluding hydrogens is 220 g/mol. The van der Waals surface area contributed by atoms with Gasteiger partial charge in [-0.2, -0.15) is 0 Å². The van der Waals surface area contributed by atoms with E-state index in [0.717, 1.165) is 25.7 Å². The van der Waals surface area contributed by atoms with Crippen molar-refractivity contribution in [3.05, 3.63) is 0 Å². The van der Waals surface area contributed by atoms with Crippen LogP contribution < -0.4 is 5.32 Å². The second-order valence-electron chi connectivity index (χ2n) is 5.71. The van der Waals surface area contributed by atoms with Gasteiger partial charge in [-0.1, -0.05) is 12.8 Å². The van der Waals surface area contributed by atoms with E-state index in [1.807, 2.05) is 0 Å². The topological polar surface area (TPSA) is 69.6 Å². The molecule has 5 heteroatoms. The number of nitrogens with zero attached hydrogens (tertiary/aromatic N) is 1. The molecule has 0 aromatic carbocycles. The van der Waals surface area contributed by atoms with E-state index in [1.165, 1.54) is 0 Å². The molecule has 1 aliphatic heterocycles. The first-order chi connectivity index (χ1) is 7.85. The van der Waals surface area contributed by atoms with Crippen LogP contribution in [0.3, 0.4) is 0 Å². The number of rotatable bonds is 3. The van der Waals surface area contributed by atoms with Crippen LogP contribution in [-0.2, 0) is 4.79 Å². The number of hydrogen-bond acceptors (Lipinski definition) is 3. The first-order valence-electron chi connectivity index (χ1n) is 6.21. The zero-order chi connectivity index (χ0) is 12.7. The van der Waals surface area contributed by atoms with E-state index < -0.39 is 11.1 Å². The molecule has 1 spiro atoms. The van der Waals surface area contributed by atoms with Gasteiger partial charge < -0.3 is 10.0 Å². The molecule has 0 aromatic rings. The number of hydrogen-bond donors (Lipinski definition) is 2. The number of aliphatic hydroxyl groups is 1. The fourth-order valence-corrected chi connectivity index (χ4v) is 2.76. The summed E-state index contributed by atoms with van der Waals surface area (Å²) in [6, 6.07) is -0.304. The summed E-state index contributed by atoms with van der Waals surface area (Å²) in [5, 5.41) is 12.1. The standard InChI is InChI=1S/C12H20N2O3/c1-11(2,17)7-8-14-10(16)13-9(15)12(14)5-3-4-6-12/h17H,3-8H2,1-2H3,(H,13,15,16). The smallest absolute Gasteiger partial charge is 0.325 e. The molecule has 1 heterocycles. The van der Waals surface area contributed by atoms with Crippen LogP contribution in [0.2, 0.25) is 0 Å². The summed E-state index contributed by atoms with van der Waals surface area (Å²) >= 11 is 0. The molecule has 1 aliphatic carbocycles. The normalized spacial score (nSPS) is 23.6. The SMILES string of the molecule is CC(C)(O)CCN1C(=O)NC(=O)C12CCCC2. The molecule has 1 saturated carbocycles. The third kappa shape index (κ3) is 2.16. The molecule has 1 saturated heterocycles. The Hall–Kier alpha value is -1.10. The fourth-order valence-electron chi connectivity index (χ4n) is 2.76. The van der Waals surface area contributed by atoms with Crippen molar-refractivity contribution in [1.29, 1.82) is 0 Å². The minimum Gasteiger partial charge on any atom is -0.390 e. The first-order valence-corrected chi connectivity index (χ1v) is 6.21. The molecule has 2 fully saturated rings. The first kappa shape index (κ1) is 12.4. The Morgan fingerprint density at radius 3 is 2.47 bits per heavy atom. The number of urea groups is 1. The van der Waals surface area contributed by atoms with Gasteiger partial charge in [0.1, 0.15) is 5.54 Å². The minimum absolute atomic E-state index is 0.157. The van der Waals surface area contributed by atoms with Crippen molar-refractivity contribution in [3.8, 4) is 0 Å². The Balaban J connectivity index is 2.13. The molecule has 0 unspecified atom stereocenters. The van der Waals surface area contributed by atoms with Gasteiger partial charge in [0.25, 0.3) is 5.91 Å². The summed E-state index contributed by atoms with van der Waals surface area (Å²) in [5.41, 5.74) is -1.44. The predicted octanol–water partition coefficient (Wildman–Crippen LogP) is 1.01. The summed E-state index contributed by atoms with van der Waals surface area (Å²) in [6.07, 6.45) is 3.95. The molecule has 2 rings (SSSR count). The zero-order valence-corrected chi connectivity index (χ0v) is 10.5. The summed E-state index contributed by atoms with van der Waals surface area (Å²) in [6.45, 7) is 3.86. The molecule has 0 radical (unpaired) electrons. The van der Waals surface area contributed by atoms with E-state index in [-0.39, 0.29) is 11.9 Å². The molecule has 0 aromatic heterocycles. The Kier molecular flexibility index (Phi) is 2.89. The van der Waals surface area contributed by atoms with Gasteiger partial charge in [-0.25, -0.2) is 4.79 Å². The van der Waals surface area contributed by atoms with Gasteiger partial charge in [0.05, 0.1) is 5.60 Å². The van der Waals surface area contributed by atoms with Crippen LogP contribution >= 0.6 is 0 Å². The van der Waals surface area contributed by atoms with Crippen molar-refractivity contribution >= 4 is 11.9 Å². The average Bonchev–Trinajstić information content (AvgIpc) is 2.73. The van der Waals surface area contributed by atoms with E-state index in [1.54, 1.807) is 18.7 Å². The van der Waals surface area contributed by atoms with Gasteiger partial charge in [0.2, 0.25) is 0 Å². The maximum absolute atomic E-state index is 11.9. The molecule has 0 bridgehead atoms. The Labute approximate surface area is 101 Å². The van der Waals surface area contributed by atoms with Gasteiger partial charge in [0.15, 0.2) is 0 Å².